The van der Waals surface area contributed by atoms with Crippen molar-refractivity contribution in [2.24, 2.45) is 0 Å². The molecular formula is C31H62BrNS2. The van der Waals surface area contributed by atoms with Crippen LogP contribution in [0, 0.1) is 0 Å². The summed E-state index contributed by atoms with van der Waals surface area (Å²) in [5, 5.41) is 4.29. The molecular weight excluding hydrogens is 530 g/mol. The zero-order chi connectivity index (χ0) is 25.5. The van der Waals surface area contributed by atoms with Crippen molar-refractivity contribution >= 4 is 45.1 Å². The summed E-state index contributed by atoms with van der Waals surface area (Å²) in [4.78, 5) is 0. The van der Waals surface area contributed by atoms with Crippen LogP contribution in [0.4, 0.5) is 0 Å². The Hall–Kier alpha value is 0.720. The van der Waals surface area contributed by atoms with Gasteiger partial charge in [0.2, 0.25) is 0 Å². The second-order valence-electron chi connectivity index (χ2n) is 10.8. The van der Waals surface area contributed by atoms with E-state index in [1.807, 2.05) is 0 Å². The highest BCUT2D eigenvalue weighted by Gasteiger charge is 1.97. The van der Waals surface area contributed by atoms with Gasteiger partial charge in [0.25, 0.3) is 0 Å². The molecule has 0 aliphatic carbocycles. The lowest BCUT2D eigenvalue weighted by atomic mass is 10.0. The summed E-state index contributed by atoms with van der Waals surface area (Å²) in [5.41, 5.74) is 0. The third-order valence-electron chi connectivity index (χ3n) is 7.34. The van der Waals surface area contributed by atoms with Crippen LogP contribution in [-0.2, 0) is 0 Å². The average molecular weight is 593 g/mol. The van der Waals surface area contributed by atoms with Gasteiger partial charge in [-0.1, -0.05) is 195 Å². The van der Waals surface area contributed by atoms with Gasteiger partial charge < -0.3 is 5.32 Å². The quantitative estimate of drug-likeness (QED) is 0.0372. The van der Waals surface area contributed by atoms with Crippen molar-refractivity contribution in [2.45, 2.75) is 180 Å². The van der Waals surface area contributed by atoms with Gasteiger partial charge in [0.05, 0.1) is 0 Å². The first-order chi connectivity index (χ1) is 17.3. The Morgan fingerprint density at radius 2 is 0.600 bits per heavy atom. The molecule has 1 N–H and O–H groups in total. The second kappa shape index (κ2) is 32.7. The molecule has 210 valence electrons. The van der Waals surface area contributed by atoms with E-state index in [2.05, 4.69) is 33.9 Å². The number of alkyl halides is 1. The van der Waals surface area contributed by atoms with Crippen molar-refractivity contribution in [1.29, 1.82) is 0 Å². The third kappa shape index (κ3) is 34.7. The highest BCUT2D eigenvalue weighted by Crippen LogP contribution is 2.16. The standard InChI is InChI=1S/C31H62BrNS2/c32-29-27-25-23-21-19-17-15-13-11-9-7-5-3-1-2-4-6-8-10-12-14-16-18-20-22-24-26-28-30-33-31(34)35/h1-30H2,(H2,33,34,35). The molecule has 0 radical (unpaired) electrons. The lowest BCUT2D eigenvalue weighted by Gasteiger charge is -2.05. The highest BCUT2D eigenvalue weighted by molar-refractivity contribution is 9.09. The summed E-state index contributed by atoms with van der Waals surface area (Å²) in [6, 6.07) is 0. The molecule has 4 heteroatoms. The Balaban J connectivity index is 3.01. The Morgan fingerprint density at radius 3 is 0.800 bits per heavy atom. The van der Waals surface area contributed by atoms with Crippen molar-refractivity contribution in [3.05, 3.63) is 0 Å². The van der Waals surface area contributed by atoms with E-state index in [1.54, 1.807) is 0 Å². The largest absolute Gasteiger partial charge is 0.371 e. The predicted molar refractivity (Wildman–Crippen MR) is 173 cm³/mol. The molecule has 0 fully saturated rings. The Morgan fingerprint density at radius 1 is 0.400 bits per heavy atom. The monoisotopic (exact) mass is 591 g/mol. The molecule has 0 unspecified atom stereocenters. The molecule has 0 saturated carbocycles. The van der Waals surface area contributed by atoms with Crippen LogP contribution >= 0.6 is 40.8 Å². The number of hydrogen-bond donors (Lipinski definition) is 2. The highest BCUT2D eigenvalue weighted by atomic mass is 79.9. The molecule has 0 aromatic rings. The Labute approximate surface area is 241 Å². The number of nitrogens with one attached hydrogen (secondary N) is 1. The van der Waals surface area contributed by atoms with Crippen molar-refractivity contribution in [3.8, 4) is 0 Å². The van der Waals surface area contributed by atoms with Gasteiger partial charge in [0, 0.05) is 11.9 Å². The van der Waals surface area contributed by atoms with Crippen molar-refractivity contribution < 1.29 is 0 Å². The van der Waals surface area contributed by atoms with Gasteiger partial charge in [0.1, 0.15) is 4.32 Å². The van der Waals surface area contributed by atoms with Gasteiger partial charge >= 0.3 is 0 Å². The van der Waals surface area contributed by atoms with Crippen molar-refractivity contribution in [2.75, 3.05) is 11.9 Å². The van der Waals surface area contributed by atoms with Crippen LogP contribution < -0.4 is 5.32 Å². The summed E-state index contributed by atoms with van der Waals surface area (Å²) >= 11 is 12.5. The molecule has 0 aromatic heterocycles. The van der Waals surface area contributed by atoms with E-state index in [-0.39, 0.29) is 0 Å². The fourth-order valence-electron chi connectivity index (χ4n) is 5.01. The zero-order valence-electron chi connectivity index (χ0n) is 23.4. The van der Waals surface area contributed by atoms with Crippen LogP contribution in [0.5, 0.6) is 0 Å². The number of halogens is 1. The summed E-state index contributed by atoms with van der Waals surface area (Å²) < 4.78 is 0.629. The van der Waals surface area contributed by atoms with Crippen molar-refractivity contribution in [3.63, 3.8) is 0 Å². The lowest BCUT2D eigenvalue weighted by molar-refractivity contribution is 0.514. The molecule has 0 saturated heterocycles. The molecule has 0 aliphatic rings. The van der Waals surface area contributed by atoms with Gasteiger partial charge in [-0.2, -0.15) is 0 Å². The van der Waals surface area contributed by atoms with E-state index < -0.39 is 0 Å². The molecule has 0 rings (SSSR count). The number of unbranched alkanes of at least 4 members (excludes halogenated alkanes) is 27. The lowest BCUT2D eigenvalue weighted by Crippen LogP contribution is -2.17. The first-order valence-corrected chi connectivity index (χ1v) is 17.8. The topological polar surface area (TPSA) is 12.0 Å². The first-order valence-electron chi connectivity index (χ1n) is 15.8. The van der Waals surface area contributed by atoms with Crippen LogP contribution in [-0.4, -0.2) is 16.2 Å². The maximum absolute atomic E-state index is 4.90. The van der Waals surface area contributed by atoms with E-state index in [9.17, 15) is 0 Å². The summed E-state index contributed by atoms with van der Waals surface area (Å²) in [6.45, 7) is 0.987. The van der Waals surface area contributed by atoms with Gasteiger partial charge in [0.15, 0.2) is 0 Å². The fourth-order valence-corrected chi connectivity index (χ4v) is 5.62. The summed E-state index contributed by atoms with van der Waals surface area (Å²) in [6.07, 6.45) is 40.4. The molecule has 0 aliphatic heterocycles. The number of thiol groups is 1. The summed E-state index contributed by atoms with van der Waals surface area (Å²) in [5.74, 6) is 0. The van der Waals surface area contributed by atoms with E-state index in [1.165, 1.54) is 185 Å². The molecule has 0 spiro atoms. The third-order valence-corrected chi connectivity index (χ3v) is 8.20. The van der Waals surface area contributed by atoms with Gasteiger partial charge in [-0.3, -0.25) is 0 Å². The fraction of sp³-hybridized carbons (Fsp3) is 0.968. The van der Waals surface area contributed by atoms with Crippen molar-refractivity contribution in [1.82, 2.24) is 5.32 Å². The Kier molecular flexibility index (Phi) is 33.4. The van der Waals surface area contributed by atoms with Crippen LogP contribution in [0.25, 0.3) is 0 Å². The second-order valence-corrected chi connectivity index (χ2v) is 12.8. The number of rotatable bonds is 30. The molecule has 1 nitrogen and oxygen atoms in total. The smallest absolute Gasteiger partial charge is 0.130 e. The van der Waals surface area contributed by atoms with Gasteiger partial charge in [-0.25, -0.2) is 0 Å². The first kappa shape index (κ1) is 35.7. The van der Waals surface area contributed by atoms with Gasteiger partial charge in [-0.15, -0.1) is 12.6 Å². The van der Waals surface area contributed by atoms with E-state index in [0.29, 0.717) is 4.32 Å². The van der Waals surface area contributed by atoms with E-state index >= 15 is 0 Å². The molecule has 0 aromatic carbocycles. The maximum atomic E-state index is 4.90. The average Bonchev–Trinajstić information content (AvgIpc) is 2.85. The minimum atomic E-state index is 0.629. The van der Waals surface area contributed by atoms with Crippen LogP contribution in [0.2, 0.25) is 0 Å². The molecule has 0 atom stereocenters. The normalized spacial score (nSPS) is 11.3. The number of thiocarbonyl (C=S) groups is 1. The van der Waals surface area contributed by atoms with Crippen LogP contribution in [0.3, 0.4) is 0 Å². The molecule has 0 heterocycles. The van der Waals surface area contributed by atoms with Gasteiger partial charge in [-0.05, 0) is 12.8 Å². The summed E-state index contributed by atoms with van der Waals surface area (Å²) in [7, 11) is 0. The SMILES string of the molecule is S=C(S)NCCCCCCCCCCCCCCCCCCCCCCCCCCCCCCBr. The zero-order valence-corrected chi connectivity index (χ0v) is 26.7. The van der Waals surface area contributed by atoms with E-state index in [0.717, 1.165) is 6.54 Å². The number of hydrogen-bond acceptors (Lipinski definition) is 1. The minimum absolute atomic E-state index is 0.629. The molecule has 35 heavy (non-hydrogen) atoms. The maximum Gasteiger partial charge on any atom is 0.130 e. The Bertz CT molecular complexity index is 405. The molecule has 0 amide bonds. The van der Waals surface area contributed by atoms with Crippen LogP contribution in [0.15, 0.2) is 0 Å². The predicted octanol–water partition coefficient (Wildman–Crippen LogP) is 12.1. The molecule has 0 bridgehead atoms. The van der Waals surface area contributed by atoms with Crippen LogP contribution in [0.1, 0.15) is 180 Å². The minimum Gasteiger partial charge on any atom is -0.371 e. The van der Waals surface area contributed by atoms with E-state index in [4.69, 9.17) is 12.2 Å².